The van der Waals surface area contributed by atoms with Crippen molar-refractivity contribution < 1.29 is 19.6 Å². The minimum Gasteiger partial charge on any atom is -0.503 e. The first-order chi connectivity index (χ1) is 15.8. The second kappa shape index (κ2) is 8.07. The van der Waals surface area contributed by atoms with Crippen LogP contribution in [0, 0.1) is 10.1 Å². The van der Waals surface area contributed by atoms with Crippen LogP contribution in [0.5, 0.6) is 0 Å². The number of carbonyl (C=O) groups is 2. The Kier molecular flexibility index (Phi) is 5.20. The maximum absolute atomic E-state index is 13.3. The molecule has 0 saturated heterocycles. The molecular formula is C22H12ClN3O5S2. The lowest BCUT2D eigenvalue weighted by Crippen LogP contribution is -2.30. The third kappa shape index (κ3) is 3.58. The number of nitro benzene ring substituents is 1. The summed E-state index contributed by atoms with van der Waals surface area (Å²) in [6.07, 6.45) is 0. The van der Waals surface area contributed by atoms with Gasteiger partial charge in [-0.2, -0.15) is 0 Å². The fourth-order valence-corrected chi connectivity index (χ4v) is 5.60. The second-order valence-electron chi connectivity index (χ2n) is 7.10. The molecule has 5 rings (SSSR count). The first-order valence-corrected chi connectivity index (χ1v) is 11.6. The number of Topliss-reactive ketones (excluding diaryl/α,β-unsaturated/α-hetero) is 1. The summed E-state index contributed by atoms with van der Waals surface area (Å²) in [6, 6.07) is 12.9. The van der Waals surface area contributed by atoms with Crippen molar-refractivity contribution in [1.82, 2.24) is 4.98 Å². The van der Waals surface area contributed by atoms with Crippen molar-refractivity contribution in [3.63, 3.8) is 0 Å². The minimum absolute atomic E-state index is 0.103. The van der Waals surface area contributed by atoms with Crippen molar-refractivity contribution in [3.8, 4) is 0 Å². The average Bonchev–Trinajstić information content (AvgIpc) is 3.52. The Morgan fingerprint density at radius 3 is 2.61 bits per heavy atom. The number of non-ortho nitro benzene ring substituents is 1. The van der Waals surface area contributed by atoms with E-state index in [1.54, 1.807) is 35.7 Å². The number of thiazole rings is 1. The largest absolute Gasteiger partial charge is 0.503 e. The Hall–Kier alpha value is -3.60. The van der Waals surface area contributed by atoms with E-state index in [4.69, 9.17) is 11.6 Å². The zero-order valence-corrected chi connectivity index (χ0v) is 18.9. The third-order valence-electron chi connectivity index (χ3n) is 5.16. The number of hydrogen-bond donors (Lipinski definition) is 1. The van der Waals surface area contributed by atoms with Crippen molar-refractivity contribution in [2.45, 2.75) is 6.04 Å². The number of nitrogens with zero attached hydrogens (tertiary/aromatic N) is 3. The van der Waals surface area contributed by atoms with Crippen molar-refractivity contribution in [2.75, 3.05) is 4.90 Å². The van der Waals surface area contributed by atoms with Crippen LogP contribution >= 0.6 is 34.3 Å². The number of benzene rings is 2. The van der Waals surface area contributed by atoms with Crippen LogP contribution in [0.1, 0.15) is 21.3 Å². The normalized spacial score (nSPS) is 16.1. The summed E-state index contributed by atoms with van der Waals surface area (Å²) in [5.41, 5.74) is 0.791. The highest BCUT2D eigenvalue weighted by molar-refractivity contribution is 7.22. The number of aliphatic hydroxyl groups is 1. The molecule has 11 heteroatoms. The minimum atomic E-state index is -1.01. The molecule has 4 aromatic rings. The smallest absolute Gasteiger partial charge is 0.296 e. The van der Waals surface area contributed by atoms with Gasteiger partial charge in [0.1, 0.15) is 0 Å². The molecule has 0 aliphatic carbocycles. The Morgan fingerprint density at radius 2 is 1.94 bits per heavy atom. The number of anilines is 1. The van der Waals surface area contributed by atoms with E-state index in [0.717, 1.165) is 4.70 Å². The van der Waals surface area contributed by atoms with Crippen molar-refractivity contribution in [1.29, 1.82) is 0 Å². The van der Waals surface area contributed by atoms with Crippen LogP contribution in [0.25, 0.3) is 10.2 Å². The van der Waals surface area contributed by atoms with Gasteiger partial charge in [-0.25, -0.2) is 4.98 Å². The van der Waals surface area contributed by atoms with Crippen LogP contribution in [-0.4, -0.2) is 26.7 Å². The number of fused-ring (bicyclic) bond motifs is 1. The molecule has 0 spiro atoms. The third-order valence-corrected chi connectivity index (χ3v) is 7.28. The van der Waals surface area contributed by atoms with E-state index in [1.165, 1.54) is 51.8 Å². The van der Waals surface area contributed by atoms with Gasteiger partial charge >= 0.3 is 0 Å². The lowest BCUT2D eigenvalue weighted by atomic mass is 9.95. The van der Waals surface area contributed by atoms with Crippen LogP contribution < -0.4 is 4.90 Å². The van der Waals surface area contributed by atoms with Gasteiger partial charge in [-0.15, -0.1) is 11.3 Å². The van der Waals surface area contributed by atoms with E-state index >= 15 is 0 Å². The van der Waals surface area contributed by atoms with Gasteiger partial charge in [0.05, 0.1) is 31.6 Å². The van der Waals surface area contributed by atoms with Gasteiger partial charge in [0.25, 0.3) is 11.6 Å². The maximum atomic E-state index is 13.3. The highest BCUT2D eigenvalue weighted by atomic mass is 35.5. The molecule has 0 fully saturated rings. The predicted molar refractivity (Wildman–Crippen MR) is 126 cm³/mol. The molecule has 1 aliphatic rings. The van der Waals surface area contributed by atoms with E-state index in [-0.39, 0.29) is 16.4 Å². The fraction of sp³-hybridized carbons (Fsp3) is 0.0455. The Bertz CT molecular complexity index is 1460. The Balaban J connectivity index is 1.67. The zero-order chi connectivity index (χ0) is 23.3. The molecule has 1 aliphatic heterocycles. The van der Waals surface area contributed by atoms with Gasteiger partial charge in [-0.1, -0.05) is 29.0 Å². The lowest BCUT2D eigenvalue weighted by Gasteiger charge is -2.24. The zero-order valence-electron chi connectivity index (χ0n) is 16.5. The Labute approximate surface area is 199 Å². The lowest BCUT2D eigenvalue weighted by molar-refractivity contribution is -0.384. The van der Waals surface area contributed by atoms with Crippen molar-refractivity contribution in [2.24, 2.45) is 0 Å². The van der Waals surface area contributed by atoms with Gasteiger partial charge in [-0.05, 0) is 47.3 Å². The number of aromatic nitrogens is 1. The monoisotopic (exact) mass is 497 g/mol. The predicted octanol–water partition coefficient (Wildman–Crippen LogP) is 5.70. The fourth-order valence-electron chi connectivity index (χ4n) is 3.66. The molecule has 0 radical (unpaired) electrons. The van der Waals surface area contributed by atoms with Gasteiger partial charge < -0.3 is 5.11 Å². The average molecular weight is 498 g/mol. The highest BCUT2D eigenvalue weighted by Gasteiger charge is 2.46. The first-order valence-electron chi connectivity index (χ1n) is 9.50. The van der Waals surface area contributed by atoms with Crippen molar-refractivity contribution in [3.05, 3.63) is 96.9 Å². The molecule has 1 amide bonds. The molecule has 0 saturated carbocycles. The Morgan fingerprint density at radius 1 is 1.18 bits per heavy atom. The van der Waals surface area contributed by atoms with E-state index in [2.05, 4.69) is 4.98 Å². The summed E-state index contributed by atoms with van der Waals surface area (Å²) in [5, 5.41) is 24.4. The topological polar surface area (TPSA) is 114 Å². The molecule has 33 heavy (non-hydrogen) atoms. The number of rotatable bonds is 5. The molecule has 1 N–H and O–H groups in total. The SMILES string of the molecule is O=C(C1=C(O)C(=O)N(c2nc3ccc(Cl)cc3s2)C1c1ccc([N+](=O)[O-])cc1)c1cccs1. The summed E-state index contributed by atoms with van der Waals surface area (Å²) in [7, 11) is 0. The van der Waals surface area contributed by atoms with Crippen LogP contribution in [-0.2, 0) is 4.79 Å². The van der Waals surface area contributed by atoms with Gasteiger partial charge in [-0.3, -0.25) is 24.6 Å². The molecule has 1 atom stereocenters. The summed E-state index contributed by atoms with van der Waals surface area (Å²) in [5.74, 6) is -1.94. The highest BCUT2D eigenvalue weighted by Crippen LogP contribution is 2.44. The van der Waals surface area contributed by atoms with Crippen LogP contribution in [0.2, 0.25) is 5.02 Å². The van der Waals surface area contributed by atoms with Gasteiger partial charge in [0.2, 0.25) is 5.78 Å². The number of hydrogen-bond acceptors (Lipinski definition) is 8. The molecule has 2 aromatic heterocycles. The molecular weight excluding hydrogens is 486 g/mol. The second-order valence-corrected chi connectivity index (χ2v) is 9.50. The quantitative estimate of drug-likeness (QED) is 0.215. The van der Waals surface area contributed by atoms with E-state index in [0.29, 0.717) is 21.0 Å². The van der Waals surface area contributed by atoms with E-state index in [9.17, 15) is 24.8 Å². The first kappa shape index (κ1) is 21.3. The van der Waals surface area contributed by atoms with Crippen LogP contribution in [0.15, 0.2) is 71.3 Å². The standard InChI is InChI=1S/C22H12ClN3O5S2/c23-12-5-8-14-16(10-12)33-22(24-14)25-18(11-3-6-13(7-4-11)26(30)31)17(20(28)21(25)29)19(27)15-2-1-9-32-15/h1-10,18,28H. The summed E-state index contributed by atoms with van der Waals surface area (Å²) in [4.78, 5) is 43.2. The molecule has 1 unspecified atom stereocenters. The van der Waals surface area contributed by atoms with Crippen LogP contribution in [0.3, 0.4) is 0 Å². The molecule has 0 bridgehead atoms. The molecule has 2 aromatic carbocycles. The number of thiophene rings is 1. The number of amides is 1. The number of halogens is 1. The number of nitro groups is 1. The number of aliphatic hydroxyl groups excluding tert-OH is 1. The van der Waals surface area contributed by atoms with Gasteiger partial charge in [0.15, 0.2) is 10.9 Å². The number of ketones is 1. The summed E-state index contributed by atoms with van der Waals surface area (Å²) >= 11 is 8.45. The van der Waals surface area contributed by atoms with E-state index in [1.807, 2.05) is 0 Å². The maximum Gasteiger partial charge on any atom is 0.296 e. The van der Waals surface area contributed by atoms with E-state index < -0.39 is 28.4 Å². The summed E-state index contributed by atoms with van der Waals surface area (Å²) in [6.45, 7) is 0. The van der Waals surface area contributed by atoms with Crippen molar-refractivity contribution >= 4 is 67.0 Å². The molecule has 3 heterocycles. The van der Waals surface area contributed by atoms with Gasteiger partial charge in [0, 0.05) is 17.2 Å². The number of carbonyl (C=O) groups excluding carboxylic acids is 2. The molecule has 8 nitrogen and oxygen atoms in total. The molecule has 164 valence electrons. The van der Waals surface area contributed by atoms with Crippen LogP contribution in [0.4, 0.5) is 10.8 Å². The summed E-state index contributed by atoms with van der Waals surface area (Å²) < 4.78 is 0.727.